The maximum atomic E-state index is 13.0. The maximum Gasteiger partial charge on any atom is 0.472 e. The SMILES string of the molecule is CCCCCCCCCCCCC(=O)OC[C@H](COP(=O)(O)OC[C@H](O)COP(=O)(O)OC[C@@H](COC(=O)CCCCCCCCCC(C)C)OC(=O)CCCCCCCCCCCCCCCCC(C)C)OC(=O)CCCCCCCCCC(C)C. The average Bonchev–Trinajstić information content (AvgIpc) is 3.63. The summed E-state index contributed by atoms with van der Waals surface area (Å²) in [6.07, 6.45) is 41.8. The van der Waals surface area contributed by atoms with Gasteiger partial charge in [0.1, 0.15) is 19.3 Å². The monoisotopic (exact) mass is 1280 g/mol. The van der Waals surface area contributed by atoms with Crippen LogP contribution in [0.2, 0.25) is 0 Å². The molecule has 0 heterocycles. The molecule has 0 aromatic heterocycles. The van der Waals surface area contributed by atoms with Crippen LogP contribution in [0.3, 0.4) is 0 Å². The second kappa shape index (κ2) is 59.1. The third-order valence-corrected chi connectivity index (χ3v) is 17.5. The van der Waals surface area contributed by atoms with Crippen LogP contribution in [0.5, 0.6) is 0 Å². The fourth-order valence-corrected chi connectivity index (χ4v) is 11.8. The van der Waals surface area contributed by atoms with Gasteiger partial charge in [-0.3, -0.25) is 37.3 Å². The minimum absolute atomic E-state index is 0.103. The van der Waals surface area contributed by atoms with Crippen molar-refractivity contribution >= 4 is 39.5 Å². The van der Waals surface area contributed by atoms with Gasteiger partial charge in [0.2, 0.25) is 0 Å². The summed E-state index contributed by atoms with van der Waals surface area (Å²) in [5.41, 5.74) is 0. The van der Waals surface area contributed by atoms with E-state index >= 15 is 0 Å². The number of hydrogen-bond donors (Lipinski definition) is 3. The molecule has 0 aliphatic rings. The van der Waals surface area contributed by atoms with Crippen molar-refractivity contribution < 1.29 is 80.2 Å². The lowest BCUT2D eigenvalue weighted by molar-refractivity contribution is -0.161. The minimum Gasteiger partial charge on any atom is -0.462 e. The van der Waals surface area contributed by atoms with Crippen LogP contribution >= 0.6 is 15.6 Å². The predicted octanol–water partition coefficient (Wildman–Crippen LogP) is 19.1. The lowest BCUT2D eigenvalue weighted by atomic mass is 10.0. The van der Waals surface area contributed by atoms with Gasteiger partial charge in [-0.1, -0.05) is 286 Å². The second-order valence-corrected chi connectivity index (χ2v) is 28.9. The molecule has 87 heavy (non-hydrogen) atoms. The molecular formula is C68H132O17P2. The minimum atomic E-state index is -4.95. The zero-order valence-electron chi connectivity index (χ0n) is 56.5. The normalized spacial score (nSPS) is 14.3. The number of ether oxygens (including phenoxy) is 4. The summed E-state index contributed by atoms with van der Waals surface area (Å²) in [5.74, 6) is 0.0635. The summed E-state index contributed by atoms with van der Waals surface area (Å²) < 4.78 is 68.1. The van der Waals surface area contributed by atoms with E-state index in [0.29, 0.717) is 37.5 Å². The van der Waals surface area contributed by atoms with Crippen molar-refractivity contribution in [2.24, 2.45) is 17.8 Å². The van der Waals surface area contributed by atoms with E-state index in [1.165, 1.54) is 141 Å². The molecule has 5 atom stereocenters. The van der Waals surface area contributed by atoms with E-state index < -0.39 is 97.5 Å². The van der Waals surface area contributed by atoms with Gasteiger partial charge >= 0.3 is 39.5 Å². The van der Waals surface area contributed by atoms with Crippen LogP contribution in [0, 0.1) is 17.8 Å². The Morgan fingerprint density at radius 3 is 0.782 bits per heavy atom. The molecule has 0 bridgehead atoms. The van der Waals surface area contributed by atoms with E-state index in [1.807, 2.05) is 0 Å². The molecule has 0 aliphatic carbocycles. The molecule has 0 saturated heterocycles. The van der Waals surface area contributed by atoms with Crippen molar-refractivity contribution in [1.82, 2.24) is 0 Å². The van der Waals surface area contributed by atoms with Crippen LogP contribution in [0.4, 0.5) is 0 Å². The Morgan fingerprint density at radius 2 is 0.529 bits per heavy atom. The van der Waals surface area contributed by atoms with Crippen LogP contribution < -0.4 is 0 Å². The first kappa shape index (κ1) is 85.1. The van der Waals surface area contributed by atoms with Crippen LogP contribution in [-0.4, -0.2) is 96.7 Å². The lowest BCUT2D eigenvalue weighted by Crippen LogP contribution is -2.30. The number of aliphatic hydroxyl groups excluding tert-OH is 1. The van der Waals surface area contributed by atoms with Gasteiger partial charge in [0, 0.05) is 25.7 Å². The van der Waals surface area contributed by atoms with Gasteiger partial charge in [-0.15, -0.1) is 0 Å². The Morgan fingerprint density at radius 1 is 0.310 bits per heavy atom. The van der Waals surface area contributed by atoms with Gasteiger partial charge in [0.25, 0.3) is 0 Å². The number of carbonyl (C=O) groups excluding carboxylic acids is 4. The number of carbonyl (C=O) groups is 4. The van der Waals surface area contributed by atoms with E-state index in [2.05, 4.69) is 48.5 Å². The zero-order chi connectivity index (χ0) is 64.5. The standard InChI is InChI=1S/C68H132O17P2/c1-8-9-10-11-12-13-21-28-35-42-49-65(70)78-55-64(85-68(73)52-45-38-31-24-27-34-41-48-61(6)7)58-83-87(76,77)81-54-62(69)53-80-86(74,75)82-57-63(56-79-66(71)50-43-36-30-23-26-33-40-47-60(4)5)84-67(72)51-44-37-29-22-19-17-15-14-16-18-20-25-32-39-46-59(2)3/h59-64,69H,8-58H2,1-7H3,(H,74,75)(H,76,77)/t62-,63-,64-/m1/s1. The van der Waals surface area contributed by atoms with Crippen LogP contribution in [0.1, 0.15) is 337 Å². The van der Waals surface area contributed by atoms with Crippen molar-refractivity contribution in [2.75, 3.05) is 39.6 Å². The molecule has 0 rings (SSSR count). The molecule has 0 fully saturated rings. The maximum absolute atomic E-state index is 13.0. The number of unbranched alkanes of at least 4 members (excludes halogenated alkanes) is 34. The van der Waals surface area contributed by atoms with Gasteiger partial charge in [0.15, 0.2) is 12.2 Å². The molecule has 0 amide bonds. The van der Waals surface area contributed by atoms with Gasteiger partial charge in [-0.2, -0.15) is 0 Å². The van der Waals surface area contributed by atoms with E-state index in [-0.39, 0.29) is 25.7 Å². The average molecular weight is 1280 g/mol. The molecule has 0 aromatic carbocycles. The van der Waals surface area contributed by atoms with Gasteiger partial charge in [-0.25, -0.2) is 9.13 Å². The molecule has 3 N–H and O–H groups in total. The fraction of sp³-hybridized carbons (Fsp3) is 0.941. The molecule has 19 heteroatoms. The summed E-state index contributed by atoms with van der Waals surface area (Å²) >= 11 is 0. The van der Waals surface area contributed by atoms with Gasteiger partial charge < -0.3 is 33.8 Å². The van der Waals surface area contributed by atoms with Crippen LogP contribution in [0.25, 0.3) is 0 Å². The highest BCUT2D eigenvalue weighted by atomic mass is 31.2. The zero-order valence-corrected chi connectivity index (χ0v) is 58.3. The lowest BCUT2D eigenvalue weighted by Gasteiger charge is -2.21. The first-order valence-corrected chi connectivity index (χ1v) is 38.3. The summed E-state index contributed by atoms with van der Waals surface area (Å²) in [4.78, 5) is 72.4. The Labute approximate surface area is 530 Å². The van der Waals surface area contributed by atoms with Crippen molar-refractivity contribution in [2.45, 2.75) is 356 Å². The first-order valence-electron chi connectivity index (χ1n) is 35.3. The topological polar surface area (TPSA) is 237 Å². The molecule has 0 aromatic rings. The van der Waals surface area contributed by atoms with E-state index in [4.69, 9.17) is 37.0 Å². The second-order valence-electron chi connectivity index (χ2n) is 26.0. The number of phosphoric acid groups is 2. The van der Waals surface area contributed by atoms with E-state index in [1.54, 1.807) is 0 Å². The van der Waals surface area contributed by atoms with Crippen molar-refractivity contribution in [1.29, 1.82) is 0 Å². The Balaban J connectivity index is 5.21. The Hall–Kier alpha value is -1.94. The predicted molar refractivity (Wildman–Crippen MR) is 349 cm³/mol. The van der Waals surface area contributed by atoms with Gasteiger partial charge in [-0.05, 0) is 43.4 Å². The number of phosphoric ester groups is 2. The summed E-state index contributed by atoms with van der Waals surface area (Å²) in [5, 5.41) is 10.6. The number of aliphatic hydroxyl groups is 1. The summed E-state index contributed by atoms with van der Waals surface area (Å²) in [6.45, 7) is 11.7. The summed E-state index contributed by atoms with van der Waals surface area (Å²) in [6, 6.07) is 0. The largest absolute Gasteiger partial charge is 0.472 e. The third-order valence-electron chi connectivity index (χ3n) is 15.6. The van der Waals surface area contributed by atoms with Crippen molar-refractivity contribution in [3.8, 4) is 0 Å². The molecule has 516 valence electrons. The molecular weight excluding hydrogens is 1150 g/mol. The van der Waals surface area contributed by atoms with Crippen molar-refractivity contribution in [3.63, 3.8) is 0 Å². The Bertz CT molecular complexity index is 1720. The molecule has 2 unspecified atom stereocenters. The van der Waals surface area contributed by atoms with Gasteiger partial charge in [0.05, 0.1) is 26.4 Å². The highest BCUT2D eigenvalue weighted by Crippen LogP contribution is 2.45. The highest BCUT2D eigenvalue weighted by Gasteiger charge is 2.30. The number of esters is 4. The van der Waals surface area contributed by atoms with Crippen LogP contribution in [0.15, 0.2) is 0 Å². The molecule has 0 radical (unpaired) electrons. The van der Waals surface area contributed by atoms with Crippen LogP contribution in [-0.2, 0) is 65.4 Å². The Kier molecular flexibility index (Phi) is 57.8. The molecule has 0 spiro atoms. The highest BCUT2D eigenvalue weighted by molar-refractivity contribution is 7.47. The smallest absolute Gasteiger partial charge is 0.462 e. The number of rotatable bonds is 66. The van der Waals surface area contributed by atoms with E-state index in [9.17, 15) is 43.2 Å². The van der Waals surface area contributed by atoms with Crippen molar-refractivity contribution in [3.05, 3.63) is 0 Å². The fourth-order valence-electron chi connectivity index (χ4n) is 10.2. The first-order chi connectivity index (χ1) is 41.7. The quantitative estimate of drug-likeness (QED) is 0.0222. The van der Waals surface area contributed by atoms with E-state index in [0.717, 1.165) is 102 Å². The number of hydrogen-bond acceptors (Lipinski definition) is 15. The third kappa shape index (κ3) is 62.6. The molecule has 0 aliphatic heterocycles. The molecule has 17 nitrogen and oxygen atoms in total. The molecule has 0 saturated carbocycles. The summed E-state index contributed by atoms with van der Waals surface area (Å²) in [7, 11) is -9.89.